The number of carbonyl (C=O) groups excluding carboxylic acids is 2. The Hall–Kier alpha value is -2.69. The number of amides is 1. The van der Waals surface area contributed by atoms with E-state index in [1.165, 1.54) is 12.1 Å². The number of halogens is 1. The van der Waals surface area contributed by atoms with E-state index in [0.29, 0.717) is 0 Å². The molecule has 0 aliphatic heterocycles. The Balaban J connectivity index is 2.03. The molecule has 0 bridgehead atoms. The molecule has 0 fully saturated rings. The molecule has 5 heteroatoms. The minimum Gasteiger partial charge on any atom is -0.465 e. The molecule has 1 unspecified atom stereocenters. The third-order valence-electron chi connectivity index (χ3n) is 3.55. The lowest BCUT2D eigenvalue weighted by Crippen LogP contribution is -2.37. The van der Waals surface area contributed by atoms with Crippen LogP contribution in [0.4, 0.5) is 4.39 Å². The highest BCUT2D eigenvalue weighted by atomic mass is 19.1. The molecule has 0 spiro atoms. The van der Waals surface area contributed by atoms with Gasteiger partial charge in [-0.1, -0.05) is 42.5 Å². The van der Waals surface area contributed by atoms with E-state index in [-0.39, 0.29) is 25.4 Å². The minimum absolute atomic E-state index is 0.218. The fraction of sp³-hybridized carbons (Fsp3) is 0.263. The highest BCUT2D eigenvalue weighted by Gasteiger charge is 2.28. The number of hydrogen-bond acceptors (Lipinski definition) is 3. The van der Waals surface area contributed by atoms with Gasteiger partial charge in [0.05, 0.1) is 6.61 Å². The SMILES string of the molecule is CCOC(=O)C(Cc1ccccc1)C(=O)NCc1ccc(F)cc1. The molecule has 0 saturated heterocycles. The lowest BCUT2D eigenvalue weighted by atomic mass is 9.98. The van der Waals surface area contributed by atoms with E-state index in [4.69, 9.17) is 4.74 Å². The summed E-state index contributed by atoms with van der Waals surface area (Å²) in [6.07, 6.45) is 0.273. The first-order valence-electron chi connectivity index (χ1n) is 7.83. The zero-order valence-corrected chi connectivity index (χ0v) is 13.5. The zero-order chi connectivity index (χ0) is 17.4. The molecule has 126 valence electrons. The highest BCUT2D eigenvalue weighted by molar-refractivity contribution is 5.98. The number of carbonyl (C=O) groups is 2. The van der Waals surface area contributed by atoms with Crippen molar-refractivity contribution in [2.45, 2.75) is 19.9 Å². The number of nitrogens with one attached hydrogen (secondary N) is 1. The molecule has 4 nitrogen and oxygen atoms in total. The van der Waals surface area contributed by atoms with Crippen LogP contribution in [-0.4, -0.2) is 18.5 Å². The molecule has 2 aromatic rings. The summed E-state index contributed by atoms with van der Waals surface area (Å²) in [5.74, 6) is -2.19. The molecule has 0 aliphatic carbocycles. The highest BCUT2D eigenvalue weighted by Crippen LogP contribution is 2.12. The van der Waals surface area contributed by atoms with Crippen molar-refractivity contribution in [2.75, 3.05) is 6.61 Å². The van der Waals surface area contributed by atoms with Crippen LogP contribution in [0.15, 0.2) is 54.6 Å². The third-order valence-corrected chi connectivity index (χ3v) is 3.55. The van der Waals surface area contributed by atoms with Crippen LogP contribution in [0.5, 0.6) is 0 Å². The number of rotatable bonds is 7. The number of hydrogen-bond donors (Lipinski definition) is 1. The molecule has 1 atom stereocenters. The second kappa shape index (κ2) is 8.82. The summed E-state index contributed by atoms with van der Waals surface area (Å²) in [5.41, 5.74) is 1.64. The van der Waals surface area contributed by atoms with Crippen molar-refractivity contribution in [2.24, 2.45) is 5.92 Å². The Labute approximate surface area is 140 Å². The molecule has 1 N–H and O–H groups in total. The molecular weight excluding hydrogens is 309 g/mol. The van der Waals surface area contributed by atoms with Gasteiger partial charge >= 0.3 is 5.97 Å². The molecule has 2 aromatic carbocycles. The van der Waals surface area contributed by atoms with Gasteiger partial charge in [0.25, 0.3) is 0 Å². The van der Waals surface area contributed by atoms with Crippen molar-refractivity contribution in [1.82, 2.24) is 5.32 Å². The van der Waals surface area contributed by atoms with E-state index < -0.39 is 17.8 Å². The summed E-state index contributed by atoms with van der Waals surface area (Å²) in [6.45, 7) is 2.15. The summed E-state index contributed by atoms with van der Waals surface area (Å²) in [6, 6.07) is 15.1. The van der Waals surface area contributed by atoms with Crippen molar-refractivity contribution in [3.05, 3.63) is 71.5 Å². The first-order valence-corrected chi connectivity index (χ1v) is 7.83. The zero-order valence-electron chi connectivity index (χ0n) is 13.5. The van der Waals surface area contributed by atoms with Gasteiger partial charge < -0.3 is 10.1 Å². The summed E-state index contributed by atoms with van der Waals surface area (Å²) >= 11 is 0. The number of esters is 1. The first-order chi connectivity index (χ1) is 11.6. The fourth-order valence-electron chi connectivity index (χ4n) is 2.29. The van der Waals surface area contributed by atoms with E-state index in [2.05, 4.69) is 5.32 Å². The summed E-state index contributed by atoms with van der Waals surface area (Å²) in [7, 11) is 0. The maximum absolute atomic E-state index is 12.9. The monoisotopic (exact) mass is 329 g/mol. The Bertz CT molecular complexity index is 671. The van der Waals surface area contributed by atoms with Crippen molar-refractivity contribution < 1.29 is 18.7 Å². The lowest BCUT2D eigenvalue weighted by Gasteiger charge is -2.16. The normalized spacial score (nSPS) is 11.6. The van der Waals surface area contributed by atoms with Gasteiger partial charge in [0.15, 0.2) is 0 Å². The van der Waals surface area contributed by atoms with Gasteiger partial charge in [0, 0.05) is 6.54 Å². The second-order valence-electron chi connectivity index (χ2n) is 5.34. The smallest absolute Gasteiger partial charge is 0.318 e. The maximum Gasteiger partial charge on any atom is 0.318 e. The molecule has 0 aromatic heterocycles. The first kappa shape index (κ1) is 17.7. The van der Waals surface area contributed by atoms with E-state index in [1.54, 1.807) is 19.1 Å². The van der Waals surface area contributed by atoms with Crippen molar-refractivity contribution >= 4 is 11.9 Å². The predicted octanol–water partition coefficient (Wildman–Crippen LogP) is 2.86. The molecular formula is C19H20FNO3. The Morgan fingerprint density at radius 2 is 1.71 bits per heavy atom. The average molecular weight is 329 g/mol. The van der Waals surface area contributed by atoms with E-state index >= 15 is 0 Å². The van der Waals surface area contributed by atoms with Gasteiger partial charge in [0.2, 0.25) is 5.91 Å². The van der Waals surface area contributed by atoms with Crippen LogP contribution in [0.2, 0.25) is 0 Å². The number of benzene rings is 2. The average Bonchev–Trinajstić information content (AvgIpc) is 2.60. The molecule has 0 heterocycles. The minimum atomic E-state index is -0.909. The van der Waals surface area contributed by atoms with Crippen LogP contribution in [0.25, 0.3) is 0 Å². The van der Waals surface area contributed by atoms with Crippen LogP contribution in [0.3, 0.4) is 0 Å². The molecule has 24 heavy (non-hydrogen) atoms. The van der Waals surface area contributed by atoms with Gasteiger partial charge in [-0.2, -0.15) is 0 Å². The topological polar surface area (TPSA) is 55.4 Å². The molecule has 0 radical (unpaired) electrons. The molecule has 0 saturated carbocycles. The Kier molecular flexibility index (Phi) is 6.49. The van der Waals surface area contributed by atoms with Gasteiger partial charge in [-0.3, -0.25) is 9.59 Å². The standard InChI is InChI=1S/C19H20FNO3/c1-2-24-19(23)17(12-14-6-4-3-5-7-14)18(22)21-13-15-8-10-16(20)11-9-15/h3-11,17H,2,12-13H2,1H3,(H,21,22). The van der Waals surface area contributed by atoms with Gasteiger partial charge in [0.1, 0.15) is 11.7 Å². The van der Waals surface area contributed by atoms with E-state index in [0.717, 1.165) is 11.1 Å². The van der Waals surface area contributed by atoms with Crippen LogP contribution in [0.1, 0.15) is 18.1 Å². The second-order valence-corrected chi connectivity index (χ2v) is 5.34. The van der Waals surface area contributed by atoms with Crippen molar-refractivity contribution in [3.63, 3.8) is 0 Å². The summed E-state index contributed by atoms with van der Waals surface area (Å²) < 4.78 is 17.9. The largest absolute Gasteiger partial charge is 0.465 e. The Morgan fingerprint density at radius 1 is 1.04 bits per heavy atom. The van der Waals surface area contributed by atoms with E-state index in [9.17, 15) is 14.0 Å². The maximum atomic E-state index is 12.9. The van der Waals surface area contributed by atoms with E-state index in [1.807, 2.05) is 30.3 Å². The van der Waals surface area contributed by atoms with Gasteiger partial charge in [-0.25, -0.2) is 4.39 Å². The van der Waals surface area contributed by atoms with Crippen LogP contribution >= 0.6 is 0 Å². The van der Waals surface area contributed by atoms with Crippen molar-refractivity contribution in [1.29, 1.82) is 0 Å². The van der Waals surface area contributed by atoms with Gasteiger partial charge in [-0.15, -0.1) is 0 Å². The van der Waals surface area contributed by atoms with Crippen LogP contribution < -0.4 is 5.32 Å². The number of ether oxygens (including phenoxy) is 1. The van der Waals surface area contributed by atoms with Crippen LogP contribution in [0, 0.1) is 11.7 Å². The lowest BCUT2D eigenvalue weighted by molar-refractivity contribution is -0.152. The van der Waals surface area contributed by atoms with Gasteiger partial charge in [-0.05, 0) is 36.6 Å². The quantitative estimate of drug-likeness (QED) is 0.628. The molecule has 0 aliphatic rings. The summed E-state index contributed by atoms with van der Waals surface area (Å²) in [5, 5.41) is 2.72. The van der Waals surface area contributed by atoms with Crippen molar-refractivity contribution in [3.8, 4) is 0 Å². The predicted molar refractivity (Wildman–Crippen MR) is 88.5 cm³/mol. The summed E-state index contributed by atoms with van der Waals surface area (Å²) in [4.78, 5) is 24.5. The molecule has 2 rings (SSSR count). The fourth-order valence-corrected chi connectivity index (χ4v) is 2.29. The molecule has 1 amide bonds. The Morgan fingerprint density at radius 3 is 2.33 bits per heavy atom. The van der Waals surface area contributed by atoms with Crippen LogP contribution in [-0.2, 0) is 27.3 Å². The third kappa shape index (κ3) is 5.19.